The fraction of sp³-hybridized carbons (Fsp3) is 0.133. The predicted octanol–water partition coefficient (Wildman–Crippen LogP) is 3.84. The van der Waals surface area contributed by atoms with Gasteiger partial charge in [-0.3, -0.25) is 4.79 Å². The highest BCUT2D eigenvalue weighted by Gasteiger charge is 2.06. The SMILES string of the molecule is Nc1ccc(Cl)c(NC(=O)COCc2ccc(Br)cc2)c1. The second-order valence-electron chi connectivity index (χ2n) is 4.41. The van der Waals surface area contributed by atoms with E-state index >= 15 is 0 Å². The quantitative estimate of drug-likeness (QED) is 0.787. The van der Waals surface area contributed by atoms with Crippen molar-refractivity contribution in [1.82, 2.24) is 0 Å². The molecule has 0 unspecified atom stereocenters. The van der Waals surface area contributed by atoms with Crippen LogP contribution in [0.3, 0.4) is 0 Å². The lowest BCUT2D eigenvalue weighted by Crippen LogP contribution is -2.18. The summed E-state index contributed by atoms with van der Waals surface area (Å²) in [4.78, 5) is 11.8. The van der Waals surface area contributed by atoms with Gasteiger partial charge in [0.25, 0.3) is 0 Å². The Bertz CT molecular complexity index is 632. The van der Waals surface area contributed by atoms with Crippen molar-refractivity contribution in [2.75, 3.05) is 17.7 Å². The smallest absolute Gasteiger partial charge is 0.250 e. The van der Waals surface area contributed by atoms with E-state index in [0.29, 0.717) is 23.0 Å². The zero-order valence-corrected chi connectivity index (χ0v) is 13.4. The second-order valence-corrected chi connectivity index (χ2v) is 5.73. The van der Waals surface area contributed by atoms with Crippen molar-refractivity contribution in [2.45, 2.75) is 6.61 Å². The van der Waals surface area contributed by atoms with E-state index in [-0.39, 0.29) is 12.5 Å². The van der Waals surface area contributed by atoms with Gasteiger partial charge < -0.3 is 15.8 Å². The van der Waals surface area contributed by atoms with Crippen molar-refractivity contribution in [3.63, 3.8) is 0 Å². The molecule has 110 valence electrons. The van der Waals surface area contributed by atoms with Gasteiger partial charge in [-0.25, -0.2) is 0 Å². The molecule has 4 nitrogen and oxygen atoms in total. The molecule has 2 aromatic rings. The number of nitrogens with one attached hydrogen (secondary N) is 1. The Labute approximate surface area is 136 Å². The molecule has 3 N–H and O–H groups in total. The summed E-state index contributed by atoms with van der Waals surface area (Å²) in [7, 11) is 0. The Hall–Kier alpha value is -1.56. The number of nitrogen functional groups attached to an aromatic ring is 1. The minimum Gasteiger partial charge on any atom is -0.399 e. The van der Waals surface area contributed by atoms with E-state index in [2.05, 4.69) is 21.2 Å². The van der Waals surface area contributed by atoms with Crippen LogP contribution in [0.4, 0.5) is 11.4 Å². The predicted molar refractivity (Wildman–Crippen MR) is 88.3 cm³/mol. The van der Waals surface area contributed by atoms with Gasteiger partial charge in [0, 0.05) is 10.2 Å². The number of carbonyl (C=O) groups excluding carboxylic acids is 1. The minimum atomic E-state index is -0.278. The minimum absolute atomic E-state index is 0.0544. The molecule has 6 heteroatoms. The van der Waals surface area contributed by atoms with E-state index in [4.69, 9.17) is 22.1 Å². The fourth-order valence-corrected chi connectivity index (χ4v) is 2.10. The van der Waals surface area contributed by atoms with Gasteiger partial charge in [0.05, 0.1) is 17.3 Å². The standard InChI is InChI=1S/C15H14BrClN2O2/c16-11-3-1-10(2-4-11)8-21-9-15(20)19-14-7-12(18)5-6-13(14)17/h1-7H,8-9,18H2,(H,19,20). The van der Waals surface area contributed by atoms with Crippen LogP contribution in [0, 0.1) is 0 Å². The number of anilines is 2. The Morgan fingerprint density at radius 3 is 2.67 bits per heavy atom. The molecule has 0 aliphatic carbocycles. The van der Waals surface area contributed by atoms with Crippen LogP contribution in [0.15, 0.2) is 46.9 Å². The van der Waals surface area contributed by atoms with Gasteiger partial charge >= 0.3 is 0 Å². The van der Waals surface area contributed by atoms with E-state index in [1.807, 2.05) is 24.3 Å². The first-order chi connectivity index (χ1) is 10.0. The molecule has 0 spiro atoms. The largest absolute Gasteiger partial charge is 0.399 e. The summed E-state index contributed by atoms with van der Waals surface area (Å²) >= 11 is 9.33. The lowest BCUT2D eigenvalue weighted by molar-refractivity contribution is -0.121. The van der Waals surface area contributed by atoms with E-state index in [1.165, 1.54) is 0 Å². The van der Waals surface area contributed by atoms with Crippen molar-refractivity contribution in [3.8, 4) is 0 Å². The van der Waals surface area contributed by atoms with Crippen LogP contribution in [0.5, 0.6) is 0 Å². The third-order valence-electron chi connectivity index (χ3n) is 2.68. The molecule has 0 heterocycles. The average Bonchev–Trinajstić information content (AvgIpc) is 2.45. The molecular formula is C15H14BrClN2O2. The summed E-state index contributed by atoms with van der Waals surface area (Å²) in [6.45, 7) is 0.312. The Morgan fingerprint density at radius 1 is 1.24 bits per heavy atom. The summed E-state index contributed by atoms with van der Waals surface area (Å²) < 4.78 is 6.36. The maximum atomic E-state index is 11.8. The average molecular weight is 370 g/mol. The first-order valence-electron chi connectivity index (χ1n) is 6.21. The van der Waals surface area contributed by atoms with Gasteiger partial charge in [0.1, 0.15) is 6.61 Å². The molecule has 0 aromatic heterocycles. The Balaban J connectivity index is 1.82. The van der Waals surface area contributed by atoms with Gasteiger partial charge in [-0.2, -0.15) is 0 Å². The van der Waals surface area contributed by atoms with Crippen molar-refractivity contribution >= 4 is 44.8 Å². The van der Waals surface area contributed by atoms with Crippen LogP contribution in [0.1, 0.15) is 5.56 Å². The molecule has 0 fully saturated rings. The number of hydrogen-bond donors (Lipinski definition) is 2. The van der Waals surface area contributed by atoms with Gasteiger partial charge in [-0.1, -0.05) is 39.7 Å². The highest BCUT2D eigenvalue weighted by atomic mass is 79.9. The number of halogens is 2. The number of carbonyl (C=O) groups is 1. The Morgan fingerprint density at radius 2 is 1.95 bits per heavy atom. The first-order valence-corrected chi connectivity index (χ1v) is 7.39. The van der Waals surface area contributed by atoms with E-state index in [1.54, 1.807) is 18.2 Å². The van der Waals surface area contributed by atoms with Gasteiger partial charge in [0.2, 0.25) is 5.91 Å². The molecule has 2 rings (SSSR count). The zero-order valence-electron chi connectivity index (χ0n) is 11.1. The first kappa shape index (κ1) is 15.8. The monoisotopic (exact) mass is 368 g/mol. The molecule has 0 radical (unpaired) electrons. The number of rotatable bonds is 5. The molecule has 2 aromatic carbocycles. The highest BCUT2D eigenvalue weighted by Crippen LogP contribution is 2.23. The third-order valence-corrected chi connectivity index (χ3v) is 3.54. The molecule has 1 amide bonds. The van der Waals surface area contributed by atoms with Crippen LogP contribution in [0.25, 0.3) is 0 Å². The lowest BCUT2D eigenvalue weighted by Gasteiger charge is -2.08. The number of hydrogen-bond acceptors (Lipinski definition) is 3. The van der Waals surface area contributed by atoms with Crippen molar-refractivity contribution < 1.29 is 9.53 Å². The number of ether oxygens (including phenoxy) is 1. The molecular weight excluding hydrogens is 356 g/mol. The van der Waals surface area contributed by atoms with Gasteiger partial charge in [-0.15, -0.1) is 0 Å². The van der Waals surface area contributed by atoms with Gasteiger partial charge in [-0.05, 0) is 35.9 Å². The van der Waals surface area contributed by atoms with E-state index < -0.39 is 0 Å². The third kappa shape index (κ3) is 5.04. The lowest BCUT2D eigenvalue weighted by atomic mass is 10.2. The van der Waals surface area contributed by atoms with E-state index in [0.717, 1.165) is 10.0 Å². The number of benzene rings is 2. The molecule has 0 aliphatic rings. The molecule has 0 bridgehead atoms. The van der Waals surface area contributed by atoms with Crippen molar-refractivity contribution in [3.05, 3.63) is 57.5 Å². The number of amides is 1. The molecule has 0 atom stereocenters. The van der Waals surface area contributed by atoms with Crippen LogP contribution in [-0.2, 0) is 16.1 Å². The van der Waals surface area contributed by atoms with Crippen LogP contribution < -0.4 is 11.1 Å². The maximum Gasteiger partial charge on any atom is 0.250 e. The second kappa shape index (κ2) is 7.45. The van der Waals surface area contributed by atoms with Crippen molar-refractivity contribution in [1.29, 1.82) is 0 Å². The topological polar surface area (TPSA) is 64.3 Å². The van der Waals surface area contributed by atoms with Crippen LogP contribution >= 0.6 is 27.5 Å². The van der Waals surface area contributed by atoms with Crippen molar-refractivity contribution in [2.24, 2.45) is 0 Å². The molecule has 0 aliphatic heterocycles. The fourth-order valence-electron chi connectivity index (χ4n) is 1.67. The summed E-state index contributed by atoms with van der Waals surface area (Å²) in [5, 5.41) is 3.10. The normalized spacial score (nSPS) is 10.4. The summed E-state index contributed by atoms with van der Waals surface area (Å²) in [5.74, 6) is -0.278. The van der Waals surface area contributed by atoms with Crippen LogP contribution in [0.2, 0.25) is 5.02 Å². The van der Waals surface area contributed by atoms with Crippen LogP contribution in [-0.4, -0.2) is 12.5 Å². The maximum absolute atomic E-state index is 11.8. The Kier molecular flexibility index (Phi) is 5.61. The highest BCUT2D eigenvalue weighted by molar-refractivity contribution is 9.10. The molecule has 21 heavy (non-hydrogen) atoms. The number of nitrogens with two attached hydrogens (primary N) is 1. The summed E-state index contributed by atoms with van der Waals surface area (Å²) in [6.07, 6.45) is 0. The molecule has 0 saturated heterocycles. The zero-order chi connectivity index (χ0) is 15.2. The van der Waals surface area contributed by atoms with E-state index in [9.17, 15) is 4.79 Å². The summed E-state index contributed by atoms with van der Waals surface area (Å²) in [5.41, 5.74) is 7.65. The molecule has 0 saturated carbocycles. The summed E-state index contributed by atoms with van der Waals surface area (Å²) in [6, 6.07) is 12.6. The van der Waals surface area contributed by atoms with Gasteiger partial charge in [0.15, 0.2) is 0 Å².